The Bertz CT molecular complexity index is 467. The lowest BCUT2D eigenvalue weighted by atomic mass is 9.94. The van der Waals surface area contributed by atoms with Gasteiger partial charge in [-0.1, -0.05) is 25.1 Å². The fourth-order valence-electron chi connectivity index (χ4n) is 2.69. The molecule has 3 heteroatoms. The van der Waals surface area contributed by atoms with Gasteiger partial charge in [0.25, 0.3) is 0 Å². The van der Waals surface area contributed by atoms with Crippen LogP contribution in [-0.2, 0) is 6.42 Å². The van der Waals surface area contributed by atoms with E-state index in [-0.39, 0.29) is 0 Å². The van der Waals surface area contributed by atoms with Gasteiger partial charge in [0.15, 0.2) is 0 Å². The van der Waals surface area contributed by atoms with Crippen LogP contribution < -0.4 is 5.32 Å². The summed E-state index contributed by atoms with van der Waals surface area (Å²) in [5.41, 5.74) is 4.44. The number of aryl methyl sites for hydroxylation is 1. The smallest absolute Gasteiger partial charge is 0.114 e. The van der Waals surface area contributed by atoms with Crippen LogP contribution in [0.2, 0.25) is 0 Å². The molecule has 17 heavy (non-hydrogen) atoms. The highest BCUT2D eigenvalue weighted by molar-refractivity contribution is 8.00. The number of thioether (sulfide) groups is 1. The molecule has 1 N–H and O–H groups in total. The minimum absolute atomic E-state index is 0.427. The Morgan fingerprint density at radius 2 is 2.29 bits per heavy atom. The lowest BCUT2D eigenvalue weighted by Crippen LogP contribution is -2.29. The van der Waals surface area contributed by atoms with Crippen LogP contribution in [0.15, 0.2) is 23.2 Å². The summed E-state index contributed by atoms with van der Waals surface area (Å²) in [5, 5.41) is 4.54. The molecule has 0 spiro atoms. The van der Waals surface area contributed by atoms with Crippen LogP contribution in [0, 0.1) is 6.92 Å². The summed E-state index contributed by atoms with van der Waals surface area (Å²) >= 11 is 2.04. The zero-order valence-corrected chi connectivity index (χ0v) is 11.2. The van der Waals surface area contributed by atoms with Crippen molar-refractivity contribution in [2.75, 3.05) is 13.1 Å². The van der Waals surface area contributed by atoms with E-state index in [1.54, 1.807) is 5.56 Å². The van der Waals surface area contributed by atoms with Crippen LogP contribution in [0.1, 0.15) is 28.9 Å². The number of nitrogens with one attached hydrogen (secondary N) is 1. The quantitative estimate of drug-likeness (QED) is 0.824. The Labute approximate surface area is 107 Å². The van der Waals surface area contributed by atoms with Crippen molar-refractivity contribution in [3.8, 4) is 0 Å². The van der Waals surface area contributed by atoms with E-state index in [0.717, 1.165) is 13.1 Å². The third-order valence-electron chi connectivity index (χ3n) is 3.54. The summed E-state index contributed by atoms with van der Waals surface area (Å²) < 4.78 is 0. The molecule has 0 amide bonds. The lowest BCUT2D eigenvalue weighted by molar-refractivity contribution is 0.880. The van der Waals surface area contributed by atoms with Gasteiger partial charge in [0.1, 0.15) is 5.84 Å². The van der Waals surface area contributed by atoms with Crippen molar-refractivity contribution in [2.45, 2.75) is 30.8 Å². The van der Waals surface area contributed by atoms with Gasteiger partial charge in [-0.25, -0.2) is 0 Å². The highest BCUT2D eigenvalue weighted by atomic mass is 32.2. The van der Waals surface area contributed by atoms with Crippen LogP contribution in [0.25, 0.3) is 0 Å². The maximum absolute atomic E-state index is 4.61. The molecule has 0 bridgehead atoms. The summed E-state index contributed by atoms with van der Waals surface area (Å²) in [4.78, 5) is 4.61. The van der Waals surface area contributed by atoms with Gasteiger partial charge in [-0.05, 0) is 30.0 Å². The second kappa shape index (κ2) is 4.37. The van der Waals surface area contributed by atoms with E-state index in [4.69, 9.17) is 0 Å². The topological polar surface area (TPSA) is 24.4 Å². The molecule has 2 heterocycles. The minimum atomic E-state index is 0.427. The van der Waals surface area contributed by atoms with Gasteiger partial charge in [0.05, 0.1) is 11.8 Å². The summed E-state index contributed by atoms with van der Waals surface area (Å²) in [6, 6.07) is 6.67. The average Bonchev–Trinajstić information content (AvgIpc) is 2.83. The molecule has 0 saturated heterocycles. The molecular formula is C14H18N2S. The molecule has 2 unspecified atom stereocenters. The summed E-state index contributed by atoms with van der Waals surface area (Å²) in [6.07, 6.45) is 1.19. The van der Waals surface area contributed by atoms with Crippen LogP contribution in [0.3, 0.4) is 0 Å². The second-order valence-corrected chi connectivity index (χ2v) is 6.42. The van der Waals surface area contributed by atoms with Crippen molar-refractivity contribution in [3.05, 3.63) is 34.9 Å². The van der Waals surface area contributed by atoms with Gasteiger partial charge >= 0.3 is 0 Å². The van der Waals surface area contributed by atoms with Crippen LogP contribution in [-0.4, -0.2) is 24.2 Å². The van der Waals surface area contributed by atoms with E-state index in [1.165, 1.54) is 23.4 Å². The summed E-state index contributed by atoms with van der Waals surface area (Å²) in [7, 11) is 0. The molecule has 0 radical (unpaired) electrons. The first-order chi connectivity index (χ1) is 8.25. The highest BCUT2D eigenvalue weighted by Crippen LogP contribution is 2.42. The highest BCUT2D eigenvalue weighted by Gasteiger charge is 2.30. The predicted octanol–water partition coefficient (Wildman–Crippen LogP) is 2.72. The fourth-order valence-corrected chi connectivity index (χ4v) is 4.08. The van der Waals surface area contributed by atoms with E-state index in [2.05, 4.69) is 42.4 Å². The van der Waals surface area contributed by atoms with Crippen molar-refractivity contribution in [2.24, 2.45) is 4.99 Å². The van der Waals surface area contributed by atoms with E-state index in [9.17, 15) is 0 Å². The van der Waals surface area contributed by atoms with E-state index >= 15 is 0 Å². The molecule has 2 atom stereocenters. The third-order valence-corrected chi connectivity index (χ3v) is 4.92. The zero-order chi connectivity index (χ0) is 11.8. The molecule has 0 saturated carbocycles. The van der Waals surface area contributed by atoms with E-state index in [0.29, 0.717) is 10.5 Å². The van der Waals surface area contributed by atoms with Gasteiger partial charge in [-0.15, -0.1) is 11.8 Å². The van der Waals surface area contributed by atoms with Gasteiger partial charge in [-0.2, -0.15) is 0 Å². The minimum Gasteiger partial charge on any atom is -0.371 e. The number of fused-ring (bicyclic) bond motifs is 1. The average molecular weight is 246 g/mol. The Hall–Kier alpha value is -0.960. The summed E-state index contributed by atoms with van der Waals surface area (Å²) in [6.45, 7) is 6.48. The number of amidine groups is 1. The molecule has 2 aliphatic heterocycles. The Morgan fingerprint density at radius 3 is 3.06 bits per heavy atom. The Balaban J connectivity index is 2.04. The van der Waals surface area contributed by atoms with Crippen molar-refractivity contribution in [3.63, 3.8) is 0 Å². The molecular weight excluding hydrogens is 228 g/mol. The van der Waals surface area contributed by atoms with Crippen LogP contribution in [0.4, 0.5) is 0 Å². The first-order valence-corrected chi connectivity index (χ1v) is 7.22. The number of hydrogen-bond donors (Lipinski definition) is 1. The first-order valence-electron chi connectivity index (χ1n) is 6.28. The molecule has 2 aliphatic rings. The maximum atomic E-state index is 4.61. The Kier molecular flexibility index (Phi) is 2.87. The van der Waals surface area contributed by atoms with Crippen molar-refractivity contribution in [1.82, 2.24) is 5.32 Å². The number of hydrogen-bond acceptors (Lipinski definition) is 3. The van der Waals surface area contributed by atoms with E-state index in [1.807, 2.05) is 11.8 Å². The van der Waals surface area contributed by atoms with Gasteiger partial charge < -0.3 is 5.32 Å². The third kappa shape index (κ3) is 1.97. The molecule has 0 fully saturated rings. The largest absolute Gasteiger partial charge is 0.371 e. The lowest BCUT2D eigenvalue weighted by Gasteiger charge is -2.30. The molecule has 3 rings (SSSR count). The molecule has 0 aromatic heterocycles. The van der Waals surface area contributed by atoms with Gasteiger partial charge in [0, 0.05) is 11.8 Å². The SMILES string of the molecule is Cc1cccc2c1CC(C)SC2C1=NCCN1. The van der Waals surface area contributed by atoms with Crippen LogP contribution in [0.5, 0.6) is 0 Å². The monoisotopic (exact) mass is 246 g/mol. The standard InChI is InChI=1S/C14H18N2S/c1-9-4-3-5-11-12(9)8-10(2)17-13(11)14-15-6-7-16-14/h3-5,10,13H,6-8H2,1-2H3,(H,15,16). The maximum Gasteiger partial charge on any atom is 0.114 e. The van der Waals surface area contributed by atoms with Crippen molar-refractivity contribution in [1.29, 1.82) is 0 Å². The van der Waals surface area contributed by atoms with Crippen molar-refractivity contribution < 1.29 is 0 Å². The van der Waals surface area contributed by atoms with E-state index < -0.39 is 0 Å². The first kappa shape index (κ1) is 11.1. The predicted molar refractivity (Wildman–Crippen MR) is 75.0 cm³/mol. The molecule has 1 aromatic rings. The van der Waals surface area contributed by atoms with Gasteiger partial charge in [0.2, 0.25) is 0 Å². The molecule has 90 valence electrons. The molecule has 2 nitrogen and oxygen atoms in total. The molecule has 0 aliphatic carbocycles. The number of rotatable bonds is 1. The van der Waals surface area contributed by atoms with Crippen LogP contribution >= 0.6 is 11.8 Å². The number of aliphatic imine (C=N–C) groups is 1. The summed E-state index contributed by atoms with van der Waals surface area (Å²) in [5.74, 6) is 1.19. The number of benzene rings is 1. The zero-order valence-electron chi connectivity index (χ0n) is 10.4. The normalized spacial score (nSPS) is 27.3. The molecule has 1 aromatic carbocycles. The fraction of sp³-hybridized carbons (Fsp3) is 0.500. The van der Waals surface area contributed by atoms with Crippen molar-refractivity contribution >= 4 is 17.6 Å². The Morgan fingerprint density at radius 1 is 1.41 bits per heavy atom. The van der Waals surface area contributed by atoms with Gasteiger partial charge in [-0.3, -0.25) is 4.99 Å². The second-order valence-electron chi connectivity index (χ2n) is 4.87. The number of nitrogens with zero attached hydrogens (tertiary/aromatic N) is 1.